The number of amides is 2. The number of benzene rings is 1. The van der Waals surface area contributed by atoms with Gasteiger partial charge in [-0.05, 0) is 37.7 Å². The second-order valence-corrected chi connectivity index (χ2v) is 7.63. The molecule has 6 nitrogen and oxygen atoms in total. The number of carbonyl (C=O) groups excluding carboxylic acids is 2. The van der Waals surface area contributed by atoms with Crippen molar-refractivity contribution in [2.75, 3.05) is 19.6 Å². The van der Waals surface area contributed by atoms with Gasteiger partial charge in [0, 0.05) is 38.6 Å². The molecule has 0 atom stereocenters. The zero-order chi connectivity index (χ0) is 20.8. The quantitative estimate of drug-likeness (QED) is 0.710. The number of hydrogen-bond donors (Lipinski definition) is 1. The number of pyridine rings is 1. The van der Waals surface area contributed by atoms with Crippen LogP contribution in [0.4, 0.5) is 0 Å². The van der Waals surface area contributed by atoms with Gasteiger partial charge in [-0.25, -0.2) is 0 Å². The predicted molar refractivity (Wildman–Crippen MR) is 113 cm³/mol. The molecule has 0 saturated heterocycles. The van der Waals surface area contributed by atoms with Crippen molar-refractivity contribution < 1.29 is 9.59 Å². The number of rotatable bonds is 9. The lowest BCUT2D eigenvalue weighted by Gasteiger charge is -2.22. The molecule has 1 aliphatic carbocycles. The van der Waals surface area contributed by atoms with Crippen LogP contribution in [0.3, 0.4) is 0 Å². The molecular formula is C23H29N3O3. The molecule has 2 amide bonds. The summed E-state index contributed by atoms with van der Waals surface area (Å²) in [7, 11) is 0. The van der Waals surface area contributed by atoms with E-state index in [1.54, 1.807) is 28.8 Å². The molecule has 3 rings (SSSR count). The Labute approximate surface area is 171 Å². The molecule has 1 aromatic carbocycles. The van der Waals surface area contributed by atoms with E-state index < -0.39 is 11.3 Å². The second-order valence-electron chi connectivity index (χ2n) is 7.63. The average molecular weight is 396 g/mol. The third-order valence-electron chi connectivity index (χ3n) is 5.06. The van der Waals surface area contributed by atoms with E-state index in [4.69, 9.17) is 0 Å². The third kappa shape index (κ3) is 5.34. The first-order chi connectivity index (χ1) is 14.0. The molecule has 1 heterocycles. The molecule has 0 radical (unpaired) electrons. The topological polar surface area (TPSA) is 71.4 Å². The summed E-state index contributed by atoms with van der Waals surface area (Å²) in [4.78, 5) is 40.5. The largest absolute Gasteiger partial charge is 0.352 e. The first-order valence-electron chi connectivity index (χ1n) is 10.4. The lowest BCUT2D eigenvalue weighted by Crippen LogP contribution is -2.39. The highest BCUT2D eigenvalue weighted by Crippen LogP contribution is 2.30. The number of carbonyl (C=O) groups is 2. The predicted octanol–water partition coefficient (Wildman–Crippen LogP) is 2.91. The fourth-order valence-corrected chi connectivity index (χ4v) is 3.41. The molecule has 0 spiro atoms. The van der Waals surface area contributed by atoms with E-state index in [-0.39, 0.29) is 17.0 Å². The SMILES string of the molecule is CCCN(CC1CC1)C(=O)c1cn(Cc2ccccc2)cc(C(=O)NCC)c1=O. The van der Waals surface area contributed by atoms with Crippen LogP contribution in [0.1, 0.15) is 59.4 Å². The summed E-state index contributed by atoms with van der Waals surface area (Å²) in [5.41, 5.74) is 0.609. The standard InChI is InChI=1S/C23H29N3O3/c1-3-12-26(14-18-10-11-18)23(29)20-16-25(13-17-8-6-5-7-9-17)15-19(21(20)27)22(28)24-4-2/h5-9,15-16,18H,3-4,10-14H2,1-2H3,(H,24,28). The van der Waals surface area contributed by atoms with Gasteiger partial charge in [0.15, 0.2) is 0 Å². The Morgan fingerprint density at radius 1 is 1.10 bits per heavy atom. The molecule has 1 saturated carbocycles. The maximum absolute atomic E-state index is 13.2. The molecule has 6 heteroatoms. The van der Waals surface area contributed by atoms with Crippen LogP contribution in [0.25, 0.3) is 0 Å². The van der Waals surface area contributed by atoms with Crippen LogP contribution < -0.4 is 10.7 Å². The maximum atomic E-state index is 13.2. The van der Waals surface area contributed by atoms with Gasteiger partial charge in [0.1, 0.15) is 11.1 Å². The molecule has 0 aliphatic heterocycles. The molecule has 0 unspecified atom stereocenters. The smallest absolute Gasteiger partial charge is 0.259 e. The van der Waals surface area contributed by atoms with Crippen molar-refractivity contribution in [3.05, 3.63) is 69.6 Å². The first-order valence-corrected chi connectivity index (χ1v) is 10.4. The van der Waals surface area contributed by atoms with Gasteiger partial charge in [0.25, 0.3) is 11.8 Å². The zero-order valence-electron chi connectivity index (χ0n) is 17.2. The normalized spacial score (nSPS) is 13.2. The Morgan fingerprint density at radius 3 is 2.41 bits per heavy atom. The summed E-state index contributed by atoms with van der Waals surface area (Å²) in [6.45, 7) is 6.00. The van der Waals surface area contributed by atoms with Crippen LogP contribution in [0, 0.1) is 5.92 Å². The third-order valence-corrected chi connectivity index (χ3v) is 5.06. The van der Waals surface area contributed by atoms with Crippen LogP contribution in [-0.2, 0) is 6.54 Å². The fourth-order valence-electron chi connectivity index (χ4n) is 3.41. The number of nitrogens with zero attached hydrogens (tertiary/aromatic N) is 2. The van der Waals surface area contributed by atoms with Gasteiger partial charge >= 0.3 is 0 Å². The van der Waals surface area contributed by atoms with Crippen LogP contribution >= 0.6 is 0 Å². The summed E-state index contributed by atoms with van der Waals surface area (Å²) in [6, 6.07) is 9.76. The van der Waals surface area contributed by atoms with Gasteiger partial charge in [-0.15, -0.1) is 0 Å². The molecule has 29 heavy (non-hydrogen) atoms. The van der Waals surface area contributed by atoms with E-state index >= 15 is 0 Å². The van der Waals surface area contributed by atoms with E-state index in [0.717, 1.165) is 24.8 Å². The minimum atomic E-state index is -0.498. The van der Waals surface area contributed by atoms with Crippen LogP contribution in [0.2, 0.25) is 0 Å². The van der Waals surface area contributed by atoms with E-state index in [9.17, 15) is 14.4 Å². The van der Waals surface area contributed by atoms with Gasteiger partial charge < -0.3 is 14.8 Å². The van der Waals surface area contributed by atoms with Crippen molar-refractivity contribution >= 4 is 11.8 Å². The van der Waals surface area contributed by atoms with Gasteiger partial charge in [0.2, 0.25) is 5.43 Å². The monoisotopic (exact) mass is 395 g/mol. The van der Waals surface area contributed by atoms with E-state index in [2.05, 4.69) is 5.32 Å². The molecular weight excluding hydrogens is 366 g/mol. The summed E-state index contributed by atoms with van der Waals surface area (Å²) in [6.07, 6.45) is 6.22. The Bertz CT molecular complexity index is 917. The van der Waals surface area contributed by atoms with Crippen LogP contribution in [0.5, 0.6) is 0 Å². The molecule has 1 N–H and O–H groups in total. The second kappa shape index (κ2) is 9.54. The van der Waals surface area contributed by atoms with Gasteiger partial charge in [-0.3, -0.25) is 14.4 Å². The van der Waals surface area contributed by atoms with Gasteiger partial charge in [0.05, 0.1) is 0 Å². The molecule has 2 aromatic rings. The highest BCUT2D eigenvalue weighted by Gasteiger charge is 2.29. The molecule has 1 aliphatic rings. The van der Waals surface area contributed by atoms with Crippen molar-refractivity contribution in [3.8, 4) is 0 Å². The number of hydrogen-bond acceptors (Lipinski definition) is 3. The van der Waals surface area contributed by atoms with Crippen molar-refractivity contribution in [1.82, 2.24) is 14.8 Å². The van der Waals surface area contributed by atoms with Gasteiger partial charge in [-0.2, -0.15) is 0 Å². The van der Waals surface area contributed by atoms with Crippen LogP contribution in [-0.4, -0.2) is 40.9 Å². The molecule has 1 aromatic heterocycles. The fraction of sp³-hybridized carbons (Fsp3) is 0.435. The Kier molecular flexibility index (Phi) is 6.86. The highest BCUT2D eigenvalue weighted by molar-refractivity contribution is 5.99. The zero-order valence-corrected chi connectivity index (χ0v) is 17.2. The Balaban J connectivity index is 1.99. The van der Waals surface area contributed by atoms with Crippen molar-refractivity contribution in [3.63, 3.8) is 0 Å². The first kappa shape index (κ1) is 20.8. The minimum Gasteiger partial charge on any atom is -0.352 e. The van der Waals surface area contributed by atoms with Crippen molar-refractivity contribution in [2.45, 2.75) is 39.7 Å². The number of aromatic nitrogens is 1. The highest BCUT2D eigenvalue weighted by atomic mass is 16.2. The average Bonchev–Trinajstić information content (AvgIpc) is 3.53. The summed E-state index contributed by atoms with van der Waals surface area (Å²) in [5.74, 6) is -0.196. The summed E-state index contributed by atoms with van der Waals surface area (Å²) >= 11 is 0. The van der Waals surface area contributed by atoms with E-state index in [1.165, 1.54) is 0 Å². The lowest BCUT2D eigenvalue weighted by molar-refractivity contribution is 0.0745. The molecule has 1 fully saturated rings. The lowest BCUT2D eigenvalue weighted by atomic mass is 10.1. The van der Waals surface area contributed by atoms with E-state index in [0.29, 0.717) is 32.1 Å². The minimum absolute atomic E-state index is 0.0106. The van der Waals surface area contributed by atoms with Crippen molar-refractivity contribution in [2.24, 2.45) is 5.92 Å². The summed E-state index contributed by atoms with van der Waals surface area (Å²) in [5, 5.41) is 2.68. The molecule has 0 bridgehead atoms. The Hall–Kier alpha value is -2.89. The van der Waals surface area contributed by atoms with Gasteiger partial charge in [-0.1, -0.05) is 37.3 Å². The van der Waals surface area contributed by atoms with E-state index in [1.807, 2.05) is 37.3 Å². The van der Waals surface area contributed by atoms with Crippen molar-refractivity contribution in [1.29, 1.82) is 0 Å². The molecule has 154 valence electrons. The Morgan fingerprint density at radius 2 is 1.79 bits per heavy atom. The van der Waals surface area contributed by atoms with Crippen LogP contribution in [0.15, 0.2) is 47.5 Å². The maximum Gasteiger partial charge on any atom is 0.259 e. The summed E-state index contributed by atoms with van der Waals surface area (Å²) < 4.78 is 1.76. The number of nitrogens with one attached hydrogen (secondary N) is 1.